The number of nitrogens with one attached hydrogen (secondary N) is 1. The minimum atomic E-state index is -0.584. The van der Waals surface area contributed by atoms with Crippen LogP contribution in [0.3, 0.4) is 0 Å². The van der Waals surface area contributed by atoms with E-state index in [1.807, 2.05) is 19.9 Å². The van der Waals surface area contributed by atoms with E-state index in [0.29, 0.717) is 27.9 Å². The van der Waals surface area contributed by atoms with Gasteiger partial charge in [-0.1, -0.05) is 36.2 Å². The summed E-state index contributed by atoms with van der Waals surface area (Å²) in [5, 5.41) is 4.10. The van der Waals surface area contributed by atoms with E-state index in [1.165, 1.54) is 0 Å². The van der Waals surface area contributed by atoms with E-state index in [9.17, 15) is 4.79 Å². The summed E-state index contributed by atoms with van der Waals surface area (Å²) >= 11 is 11.9. The number of benzene rings is 2. The van der Waals surface area contributed by atoms with Crippen LogP contribution in [0.2, 0.25) is 10.0 Å². The molecule has 2 aromatic rings. The lowest BCUT2D eigenvalue weighted by molar-refractivity contribution is -0.122. The van der Waals surface area contributed by atoms with Crippen LogP contribution in [0.5, 0.6) is 5.75 Å². The Labute approximate surface area is 140 Å². The predicted molar refractivity (Wildman–Crippen MR) is 91.0 cm³/mol. The van der Waals surface area contributed by atoms with Crippen LogP contribution in [0.1, 0.15) is 18.9 Å². The van der Waals surface area contributed by atoms with Gasteiger partial charge in [-0.25, -0.2) is 0 Å². The predicted octanol–water partition coefficient (Wildman–Crippen LogP) is 5.10. The Morgan fingerprint density at radius 3 is 2.50 bits per heavy atom. The molecular formula is C17H17Cl2NO2. The van der Waals surface area contributed by atoms with Gasteiger partial charge in [-0.15, -0.1) is 0 Å². The number of anilines is 1. The second-order valence-electron chi connectivity index (χ2n) is 4.87. The average molecular weight is 338 g/mol. The van der Waals surface area contributed by atoms with Crippen LogP contribution in [0, 0.1) is 6.92 Å². The molecule has 0 aliphatic rings. The molecule has 1 N–H and O–H groups in total. The fourth-order valence-electron chi connectivity index (χ4n) is 1.96. The molecule has 0 bridgehead atoms. The van der Waals surface area contributed by atoms with Gasteiger partial charge >= 0.3 is 0 Å². The Morgan fingerprint density at radius 2 is 1.86 bits per heavy atom. The van der Waals surface area contributed by atoms with Crippen molar-refractivity contribution in [3.8, 4) is 5.75 Å². The lowest BCUT2D eigenvalue weighted by atomic mass is 10.2. The minimum absolute atomic E-state index is 0.206. The van der Waals surface area contributed by atoms with Gasteiger partial charge in [0.25, 0.3) is 5.91 Å². The van der Waals surface area contributed by atoms with Crippen LogP contribution in [0.15, 0.2) is 42.5 Å². The highest BCUT2D eigenvalue weighted by molar-refractivity contribution is 6.31. The maximum absolute atomic E-state index is 12.4. The van der Waals surface area contributed by atoms with Gasteiger partial charge in [0, 0.05) is 15.7 Å². The molecule has 1 atom stereocenters. The van der Waals surface area contributed by atoms with Crippen molar-refractivity contribution in [2.45, 2.75) is 26.4 Å². The monoisotopic (exact) mass is 337 g/mol. The SMILES string of the molecule is CC[C@H](Oc1ccc(Cl)cc1)C(=O)Nc1cccc(Cl)c1C. The van der Waals surface area contributed by atoms with E-state index < -0.39 is 6.10 Å². The molecule has 0 aromatic heterocycles. The van der Waals surface area contributed by atoms with Crippen LogP contribution in [-0.4, -0.2) is 12.0 Å². The highest BCUT2D eigenvalue weighted by Crippen LogP contribution is 2.24. The van der Waals surface area contributed by atoms with Gasteiger partial charge in [0.2, 0.25) is 0 Å². The summed E-state index contributed by atoms with van der Waals surface area (Å²) in [4.78, 5) is 12.4. The molecule has 0 aliphatic carbocycles. The zero-order valence-electron chi connectivity index (χ0n) is 12.4. The first-order valence-corrected chi connectivity index (χ1v) is 7.75. The van der Waals surface area contributed by atoms with Crippen LogP contribution in [0.25, 0.3) is 0 Å². The topological polar surface area (TPSA) is 38.3 Å². The maximum Gasteiger partial charge on any atom is 0.265 e. The van der Waals surface area contributed by atoms with Crippen LogP contribution >= 0.6 is 23.2 Å². The van der Waals surface area contributed by atoms with Gasteiger partial charge < -0.3 is 10.1 Å². The highest BCUT2D eigenvalue weighted by atomic mass is 35.5. The summed E-state index contributed by atoms with van der Waals surface area (Å²) in [6, 6.07) is 12.3. The molecule has 22 heavy (non-hydrogen) atoms. The van der Waals surface area contributed by atoms with Gasteiger partial charge in [0.05, 0.1) is 0 Å². The Hall–Kier alpha value is -1.71. The summed E-state index contributed by atoms with van der Waals surface area (Å²) in [6.07, 6.45) is -0.0341. The van der Waals surface area contributed by atoms with E-state index in [2.05, 4.69) is 5.32 Å². The van der Waals surface area contributed by atoms with Crippen molar-refractivity contribution in [1.29, 1.82) is 0 Å². The van der Waals surface area contributed by atoms with E-state index in [-0.39, 0.29) is 5.91 Å². The molecule has 2 aromatic carbocycles. The third-order valence-corrected chi connectivity index (χ3v) is 3.94. The van der Waals surface area contributed by atoms with Gasteiger partial charge in [-0.2, -0.15) is 0 Å². The number of halogens is 2. The molecule has 0 saturated heterocycles. The summed E-state index contributed by atoms with van der Waals surface area (Å²) in [6.45, 7) is 3.75. The fraction of sp³-hybridized carbons (Fsp3) is 0.235. The van der Waals surface area contributed by atoms with Crippen LogP contribution in [-0.2, 0) is 4.79 Å². The Bertz CT molecular complexity index is 656. The Morgan fingerprint density at radius 1 is 1.18 bits per heavy atom. The molecule has 0 heterocycles. The van der Waals surface area contributed by atoms with Gasteiger partial charge in [0.15, 0.2) is 6.10 Å². The van der Waals surface area contributed by atoms with Gasteiger partial charge in [0.1, 0.15) is 5.75 Å². The van der Waals surface area contributed by atoms with Crippen molar-refractivity contribution in [2.75, 3.05) is 5.32 Å². The van der Waals surface area contributed by atoms with E-state index in [4.69, 9.17) is 27.9 Å². The van der Waals surface area contributed by atoms with Crippen molar-refractivity contribution in [1.82, 2.24) is 0 Å². The molecule has 0 aliphatic heterocycles. The van der Waals surface area contributed by atoms with Crippen molar-refractivity contribution in [2.24, 2.45) is 0 Å². The molecule has 5 heteroatoms. The van der Waals surface area contributed by atoms with E-state index >= 15 is 0 Å². The number of amides is 1. The molecule has 0 radical (unpaired) electrons. The first-order valence-electron chi connectivity index (χ1n) is 6.99. The number of carbonyl (C=O) groups excluding carboxylic acids is 1. The lowest BCUT2D eigenvalue weighted by Crippen LogP contribution is -2.32. The summed E-state index contributed by atoms with van der Waals surface area (Å²) in [7, 11) is 0. The molecule has 116 valence electrons. The first kappa shape index (κ1) is 16.7. The van der Waals surface area contributed by atoms with Crippen molar-refractivity contribution < 1.29 is 9.53 Å². The first-order chi connectivity index (χ1) is 10.5. The molecule has 0 unspecified atom stereocenters. The minimum Gasteiger partial charge on any atom is -0.481 e. The largest absolute Gasteiger partial charge is 0.481 e. The van der Waals surface area contributed by atoms with Crippen LogP contribution < -0.4 is 10.1 Å². The number of ether oxygens (including phenoxy) is 1. The second kappa shape index (κ2) is 7.52. The van der Waals surface area contributed by atoms with Crippen molar-refractivity contribution in [3.63, 3.8) is 0 Å². The molecule has 0 saturated carbocycles. The van der Waals surface area contributed by atoms with Gasteiger partial charge in [-0.05, 0) is 55.3 Å². The number of hydrogen-bond donors (Lipinski definition) is 1. The number of rotatable bonds is 5. The standard InChI is InChI=1S/C17H17Cl2NO2/c1-3-16(22-13-9-7-12(18)8-10-13)17(21)20-15-6-4-5-14(19)11(15)2/h4-10,16H,3H2,1-2H3,(H,20,21)/t16-/m0/s1. The quantitative estimate of drug-likeness (QED) is 0.824. The molecule has 3 nitrogen and oxygen atoms in total. The van der Waals surface area contributed by atoms with Gasteiger partial charge in [-0.3, -0.25) is 4.79 Å². The smallest absolute Gasteiger partial charge is 0.265 e. The van der Waals surface area contributed by atoms with E-state index in [0.717, 1.165) is 5.56 Å². The Kier molecular flexibility index (Phi) is 5.69. The highest BCUT2D eigenvalue weighted by Gasteiger charge is 2.19. The molecule has 0 fully saturated rings. The van der Waals surface area contributed by atoms with Crippen molar-refractivity contribution in [3.05, 3.63) is 58.1 Å². The summed E-state index contributed by atoms with van der Waals surface area (Å²) < 4.78 is 5.72. The average Bonchev–Trinajstić information content (AvgIpc) is 2.51. The Balaban J connectivity index is 2.08. The third kappa shape index (κ3) is 4.15. The fourth-order valence-corrected chi connectivity index (χ4v) is 2.26. The molecule has 1 amide bonds. The maximum atomic E-state index is 12.4. The summed E-state index contributed by atoms with van der Waals surface area (Å²) in [5.41, 5.74) is 1.52. The molecular weight excluding hydrogens is 321 g/mol. The lowest BCUT2D eigenvalue weighted by Gasteiger charge is -2.18. The van der Waals surface area contributed by atoms with Crippen LogP contribution in [0.4, 0.5) is 5.69 Å². The van der Waals surface area contributed by atoms with Crippen molar-refractivity contribution >= 4 is 34.8 Å². The second-order valence-corrected chi connectivity index (χ2v) is 5.71. The molecule has 0 spiro atoms. The number of carbonyl (C=O) groups is 1. The molecule has 2 rings (SSSR count). The van der Waals surface area contributed by atoms with E-state index in [1.54, 1.807) is 36.4 Å². The summed E-state index contributed by atoms with van der Waals surface area (Å²) in [5.74, 6) is 0.400. The normalized spacial score (nSPS) is 11.8. The third-order valence-electron chi connectivity index (χ3n) is 3.28. The zero-order chi connectivity index (χ0) is 16.1. The number of hydrogen-bond acceptors (Lipinski definition) is 2. The zero-order valence-corrected chi connectivity index (χ0v) is 13.9.